The van der Waals surface area contributed by atoms with Gasteiger partial charge in [0.15, 0.2) is 0 Å². The zero-order chi connectivity index (χ0) is 13.0. The summed E-state index contributed by atoms with van der Waals surface area (Å²) >= 11 is 0. The predicted octanol–water partition coefficient (Wildman–Crippen LogP) is 0.468. The third-order valence-corrected chi connectivity index (χ3v) is 2.95. The van der Waals surface area contributed by atoms with Gasteiger partial charge in [0, 0.05) is 20.2 Å². The molecule has 100 valence electrons. The fraction of sp³-hybridized carbons (Fsp3) is 0.727. The zero-order valence-corrected chi connectivity index (χ0v) is 10.8. The molecule has 7 nitrogen and oxygen atoms in total. The summed E-state index contributed by atoms with van der Waals surface area (Å²) in [5, 5.41) is 0. The number of nitrogen functional groups attached to an aromatic ring is 1. The highest BCUT2D eigenvalue weighted by atomic mass is 16.5. The molecule has 0 spiro atoms. The molecule has 0 amide bonds. The van der Waals surface area contributed by atoms with E-state index in [1.165, 1.54) is 0 Å². The van der Waals surface area contributed by atoms with E-state index in [0.717, 1.165) is 25.9 Å². The minimum Gasteiger partial charge on any atom is -0.464 e. The number of aromatic nitrogens is 3. The molecular weight excluding hydrogens is 234 g/mol. The summed E-state index contributed by atoms with van der Waals surface area (Å²) in [4.78, 5) is 14.4. The number of hydrogen-bond donors (Lipinski definition) is 1. The van der Waals surface area contributed by atoms with Gasteiger partial charge in [-0.2, -0.15) is 15.0 Å². The zero-order valence-electron chi connectivity index (χ0n) is 10.8. The van der Waals surface area contributed by atoms with Crippen LogP contribution in [-0.4, -0.2) is 47.9 Å². The first kappa shape index (κ1) is 12.8. The van der Waals surface area contributed by atoms with Crippen LogP contribution in [0.25, 0.3) is 0 Å². The van der Waals surface area contributed by atoms with Crippen molar-refractivity contribution in [1.82, 2.24) is 15.0 Å². The number of nitrogens with zero attached hydrogens (tertiary/aromatic N) is 4. The van der Waals surface area contributed by atoms with E-state index < -0.39 is 0 Å². The molecular formula is C11H19N5O2. The molecule has 1 fully saturated rings. The van der Waals surface area contributed by atoms with Crippen molar-refractivity contribution in [2.45, 2.75) is 25.9 Å². The van der Waals surface area contributed by atoms with Crippen LogP contribution in [0.2, 0.25) is 0 Å². The van der Waals surface area contributed by atoms with Crippen LogP contribution < -0.4 is 15.4 Å². The Morgan fingerprint density at radius 1 is 1.28 bits per heavy atom. The number of anilines is 2. The van der Waals surface area contributed by atoms with Crippen molar-refractivity contribution in [3.8, 4) is 6.01 Å². The Kier molecular flexibility index (Phi) is 4.14. The van der Waals surface area contributed by atoms with Crippen LogP contribution in [0, 0.1) is 0 Å². The summed E-state index contributed by atoms with van der Waals surface area (Å²) in [6, 6.07) is 0.286. The molecule has 1 aliphatic rings. The second-order valence-electron chi connectivity index (χ2n) is 4.13. The van der Waals surface area contributed by atoms with Crippen molar-refractivity contribution in [3.63, 3.8) is 0 Å². The van der Waals surface area contributed by atoms with Gasteiger partial charge in [-0.05, 0) is 19.8 Å². The first-order valence-electron chi connectivity index (χ1n) is 6.15. The highest BCUT2D eigenvalue weighted by Crippen LogP contribution is 2.19. The number of methoxy groups -OCH3 is 1. The van der Waals surface area contributed by atoms with Gasteiger partial charge in [0.05, 0.1) is 12.7 Å². The molecule has 1 aromatic heterocycles. The Hall–Kier alpha value is -1.63. The number of hydrogen-bond acceptors (Lipinski definition) is 7. The van der Waals surface area contributed by atoms with E-state index in [1.807, 2.05) is 6.92 Å². The maximum atomic E-state index is 5.66. The van der Waals surface area contributed by atoms with Crippen molar-refractivity contribution in [3.05, 3.63) is 0 Å². The van der Waals surface area contributed by atoms with Crippen LogP contribution in [0.4, 0.5) is 11.9 Å². The first-order chi connectivity index (χ1) is 8.72. The van der Waals surface area contributed by atoms with Crippen molar-refractivity contribution in [2.75, 3.05) is 37.4 Å². The van der Waals surface area contributed by atoms with Gasteiger partial charge in [0.1, 0.15) is 0 Å². The van der Waals surface area contributed by atoms with Crippen LogP contribution in [0.1, 0.15) is 19.8 Å². The Balaban J connectivity index is 2.08. The van der Waals surface area contributed by atoms with E-state index in [9.17, 15) is 0 Å². The predicted molar refractivity (Wildman–Crippen MR) is 67.7 cm³/mol. The molecule has 1 aliphatic heterocycles. The number of piperidine rings is 1. The molecule has 0 radical (unpaired) electrons. The largest absolute Gasteiger partial charge is 0.464 e. The van der Waals surface area contributed by atoms with Gasteiger partial charge in [-0.15, -0.1) is 0 Å². The number of rotatable bonds is 4. The molecule has 1 saturated heterocycles. The van der Waals surface area contributed by atoms with E-state index in [0.29, 0.717) is 18.7 Å². The minimum absolute atomic E-state index is 0.192. The monoisotopic (exact) mass is 253 g/mol. The molecule has 0 aliphatic carbocycles. The van der Waals surface area contributed by atoms with Gasteiger partial charge in [0.2, 0.25) is 11.9 Å². The lowest BCUT2D eigenvalue weighted by Gasteiger charge is -2.31. The topological polar surface area (TPSA) is 86.4 Å². The fourth-order valence-corrected chi connectivity index (χ4v) is 1.99. The molecule has 2 N–H and O–H groups in total. The molecule has 0 saturated carbocycles. The SMILES string of the molecule is CCOc1nc(N)nc(N2CCC(OC)CC2)n1. The highest BCUT2D eigenvalue weighted by Gasteiger charge is 2.21. The second-order valence-corrected chi connectivity index (χ2v) is 4.13. The Bertz CT molecular complexity index is 393. The Labute approximate surface area is 106 Å². The van der Waals surface area contributed by atoms with E-state index in [4.69, 9.17) is 15.2 Å². The number of ether oxygens (including phenoxy) is 2. The maximum absolute atomic E-state index is 5.66. The normalized spacial score (nSPS) is 16.9. The molecule has 18 heavy (non-hydrogen) atoms. The fourth-order valence-electron chi connectivity index (χ4n) is 1.99. The summed E-state index contributed by atoms with van der Waals surface area (Å²) in [5.41, 5.74) is 5.66. The van der Waals surface area contributed by atoms with Crippen molar-refractivity contribution in [2.24, 2.45) is 0 Å². The van der Waals surface area contributed by atoms with Crippen LogP contribution in [0.3, 0.4) is 0 Å². The van der Waals surface area contributed by atoms with Crippen molar-refractivity contribution < 1.29 is 9.47 Å². The second kappa shape index (κ2) is 5.81. The smallest absolute Gasteiger partial charge is 0.323 e. The van der Waals surface area contributed by atoms with E-state index in [1.54, 1.807) is 7.11 Å². The van der Waals surface area contributed by atoms with Crippen molar-refractivity contribution in [1.29, 1.82) is 0 Å². The standard InChI is InChI=1S/C11H19N5O2/c1-3-18-11-14-9(12)13-10(15-11)16-6-4-8(17-2)5-7-16/h8H,3-7H2,1-2H3,(H2,12,13,14,15). The van der Waals surface area contributed by atoms with Crippen LogP contribution in [-0.2, 0) is 4.74 Å². The lowest BCUT2D eigenvalue weighted by atomic mass is 10.1. The third-order valence-electron chi connectivity index (χ3n) is 2.95. The van der Waals surface area contributed by atoms with E-state index >= 15 is 0 Å². The van der Waals surface area contributed by atoms with Gasteiger partial charge in [-0.25, -0.2) is 0 Å². The molecule has 7 heteroatoms. The summed E-state index contributed by atoms with van der Waals surface area (Å²) in [6.45, 7) is 4.10. The quantitative estimate of drug-likeness (QED) is 0.834. The molecule has 0 bridgehead atoms. The van der Waals surface area contributed by atoms with Crippen LogP contribution in [0.5, 0.6) is 6.01 Å². The molecule has 0 unspecified atom stereocenters. The van der Waals surface area contributed by atoms with E-state index in [-0.39, 0.29) is 12.0 Å². The molecule has 0 aromatic carbocycles. The van der Waals surface area contributed by atoms with Gasteiger partial charge < -0.3 is 20.1 Å². The molecule has 1 aromatic rings. The van der Waals surface area contributed by atoms with Crippen molar-refractivity contribution >= 4 is 11.9 Å². The van der Waals surface area contributed by atoms with Crippen LogP contribution >= 0.6 is 0 Å². The lowest BCUT2D eigenvalue weighted by Crippen LogP contribution is -2.37. The van der Waals surface area contributed by atoms with Gasteiger partial charge in [-0.1, -0.05) is 0 Å². The Morgan fingerprint density at radius 3 is 2.61 bits per heavy atom. The minimum atomic E-state index is 0.192. The summed E-state index contributed by atoms with van der Waals surface area (Å²) in [6.07, 6.45) is 2.25. The first-order valence-corrected chi connectivity index (χ1v) is 6.15. The third kappa shape index (κ3) is 2.98. The van der Waals surface area contributed by atoms with Gasteiger partial charge in [0.25, 0.3) is 0 Å². The summed E-state index contributed by atoms with van der Waals surface area (Å²) in [5.74, 6) is 0.776. The Morgan fingerprint density at radius 2 is 2.00 bits per heavy atom. The molecule has 2 rings (SSSR count). The van der Waals surface area contributed by atoms with Gasteiger partial charge in [-0.3, -0.25) is 0 Å². The lowest BCUT2D eigenvalue weighted by molar-refractivity contribution is 0.0816. The highest BCUT2D eigenvalue weighted by molar-refractivity contribution is 5.36. The molecule has 2 heterocycles. The number of nitrogens with two attached hydrogens (primary N) is 1. The summed E-state index contributed by atoms with van der Waals surface area (Å²) < 4.78 is 10.6. The van der Waals surface area contributed by atoms with Crippen LogP contribution in [0.15, 0.2) is 0 Å². The van der Waals surface area contributed by atoms with E-state index in [2.05, 4.69) is 19.9 Å². The average Bonchev–Trinajstić information content (AvgIpc) is 2.38. The maximum Gasteiger partial charge on any atom is 0.323 e. The molecule has 0 atom stereocenters. The summed E-state index contributed by atoms with van der Waals surface area (Å²) in [7, 11) is 1.74. The average molecular weight is 253 g/mol. The van der Waals surface area contributed by atoms with Gasteiger partial charge >= 0.3 is 6.01 Å².